The van der Waals surface area contributed by atoms with Crippen molar-refractivity contribution in [1.29, 1.82) is 0 Å². The van der Waals surface area contributed by atoms with Crippen molar-refractivity contribution in [2.24, 2.45) is 0 Å². The van der Waals surface area contributed by atoms with Gasteiger partial charge in [-0.3, -0.25) is 0 Å². The summed E-state index contributed by atoms with van der Waals surface area (Å²) in [5.74, 6) is 0.640. The molecule has 5 heteroatoms. The highest BCUT2D eigenvalue weighted by Crippen LogP contribution is 2.28. The van der Waals surface area contributed by atoms with Crippen molar-refractivity contribution >= 4 is 9.84 Å². The number of sulfone groups is 1. The Morgan fingerprint density at radius 2 is 1.63 bits per heavy atom. The second kappa shape index (κ2) is 4.93. The highest BCUT2D eigenvalue weighted by molar-refractivity contribution is 7.90. The van der Waals surface area contributed by atoms with Crippen molar-refractivity contribution in [2.45, 2.75) is 4.90 Å². The van der Waals surface area contributed by atoms with Gasteiger partial charge in [0.1, 0.15) is 11.5 Å². The van der Waals surface area contributed by atoms with Crippen LogP contribution >= 0.6 is 0 Å². The van der Waals surface area contributed by atoms with Crippen LogP contribution in [-0.2, 0) is 9.84 Å². The van der Waals surface area contributed by atoms with E-state index in [2.05, 4.69) is 0 Å². The number of aromatic hydroxyl groups is 1. The first-order valence-corrected chi connectivity index (χ1v) is 7.48. The van der Waals surface area contributed by atoms with E-state index in [0.29, 0.717) is 11.3 Å². The molecule has 0 radical (unpaired) electrons. The van der Waals surface area contributed by atoms with Gasteiger partial charge < -0.3 is 9.84 Å². The van der Waals surface area contributed by atoms with Crippen LogP contribution in [0.3, 0.4) is 0 Å². The number of phenols is 1. The highest BCUT2D eigenvalue weighted by Gasteiger charge is 2.11. The number of ether oxygens (including phenoxy) is 1. The molecule has 2 rings (SSSR count). The lowest BCUT2D eigenvalue weighted by molar-refractivity contribution is 0.415. The third-order valence-corrected chi connectivity index (χ3v) is 3.83. The maximum absolute atomic E-state index is 11.5. The quantitative estimate of drug-likeness (QED) is 0.936. The molecule has 2 aromatic carbocycles. The maximum Gasteiger partial charge on any atom is 0.175 e. The molecule has 0 fully saturated rings. The van der Waals surface area contributed by atoms with E-state index < -0.39 is 9.84 Å². The SMILES string of the molecule is COc1ccc(-c2cc(O)cc(S(C)(=O)=O)c2)cc1. The second-order valence-corrected chi connectivity index (χ2v) is 6.23. The fraction of sp³-hybridized carbons (Fsp3) is 0.143. The molecule has 0 aliphatic heterocycles. The van der Waals surface area contributed by atoms with Crippen LogP contribution in [0.2, 0.25) is 0 Å². The molecule has 0 spiro atoms. The van der Waals surface area contributed by atoms with Gasteiger partial charge in [-0.25, -0.2) is 8.42 Å². The van der Waals surface area contributed by atoms with E-state index in [4.69, 9.17) is 4.74 Å². The van der Waals surface area contributed by atoms with Gasteiger partial charge in [0.2, 0.25) is 0 Å². The van der Waals surface area contributed by atoms with Gasteiger partial charge in [0.05, 0.1) is 12.0 Å². The number of benzene rings is 2. The molecule has 0 heterocycles. The van der Waals surface area contributed by atoms with Gasteiger partial charge in [0, 0.05) is 6.26 Å². The summed E-state index contributed by atoms with van der Waals surface area (Å²) >= 11 is 0. The zero-order valence-corrected chi connectivity index (χ0v) is 11.4. The Labute approximate surface area is 112 Å². The molecule has 0 saturated carbocycles. The van der Waals surface area contributed by atoms with E-state index in [1.165, 1.54) is 18.2 Å². The lowest BCUT2D eigenvalue weighted by atomic mass is 10.1. The van der Waals surface area contributed by atoms with E-state index in [0.717, 1.165) is 11.8 Å². The number of hydrogen-bond donors (Lipinski definition) is 1. The number of hydrogen-bond acceptors (Lipinski definition) is 4. The molecule has 1 N–H and O–H groups in total. The van der Waals surface area contributed by atoms with E-state index in [9.17, 15) is 13.5 Å². The maximum atomic E-state index is 11.5. The van der Waals surface area contributed by atoms with Crippen molar-refractivity contribution in [3.05, 3.63) is 42.5 Å². The Bertz CT molecular complexity index is 688. The van der Waals surface area contributed by atoms with Crippen molar-refractivity contribution in [3.63, 3.8) is 0 Å². The molecule has 0 saturated heterocycles. The van der Waals surface area contributed by atoms with Crippen LogP contribution in [0.5, 0.6) is 11.5 Å². The van der Waals surface area contributed by atoms with E-state index in [-0.39, 0.29) is 10.6 Å². The molecule has 0 aromatic heterocycles. The Kier molecular flexibility index (Phi) is 3.48. The smallest absolute Gasteiger partial charge is 0.175 e. The van der Waals surface area contributed by atoms with E-state index in [1.54, 1.807) is 31.4 Å². The first kappa shape index (κ1) is 13.4. The summed E-state index contributed by atoms with van der Waals surface area (Å²) in [5, 5.41) is 9.63. The van der Waals surface area contributed by atoms with Gasteiger partial charge in [-0.1, -0.05) is 12.1 Å². The minimum absolute atomic E-state index is 0.0752. The fourth-order valence-corrected chi connectivity index (χ4v) is 2.42. The van der Waals surface area contributed by atoms with Gasteiger partial charge in [0.15, 0.2) is 9.84 Å². The molecular weight excluding hydrogens is 264 g/mol. The van der Waals surface area contributed by atoms with Crippen LogP contribution in [0.15, 0.2) is 47.4 Å². The summed E-state index contributed by atoms with van der Waals surface area (Å²) in [6.45, 7) is 0. The third kappa shape index (κ3) is 3.06. The predicted molar refractivity (Wildman–Crippen MR) is 73.2 cm³/mol. The van der Waals surface area contributed by atoms with Gasteiger partial charge in [0.25, 0.3) is 0 Å². The Morgan fingerprint density at radius 3 is 2.16 bits per heavy atom. The van der Waals surface area contributed by atoms with Crippen LogP contribution < -0.4 is 4.74 Å². The third-order valence-electron chi connectivity index (χ3n) is 2.74. The zero-order chi connectivity index (χ0) is 14.0. The number of rotatable bonds is 3. The van der Waals surface area contributed by atoms with Crippen molar-refractivity contribution in [2.75, 3.05) is 13.4 Å². The predicted octanol–water partition coefficient (Wildman–Crippen LogP) is 2.47. The molecule has 0 unspecified atom stereocenters. The molecule has 2 aromatic rings. The van der Waals surface area contributed by atoms with Crippen LogP contribution in [0, 0.1) is 0 Å². The van der Waals surface area contributed by atoms with Gasteiger partial charge in [-0.2, -0.15) is 0 Å². The Balaban J connectivity index is 2.52. The van der Waals surface area contributed by atoms with Gasteiger partial charge in [-0.05, 0) is 41.5 Å². The summed E-state index contributed by atoms with van der Waals surface area (Å²) in [7, 11) is -1.78. The lowest BCUT2D eigenvalue weighted by Crippen LogP contribution is -1.97. The first-order chi connectivity index (χ1) is 8.90. The standard InChI is InChI=1S/C14H14O4S/c1-18-13-5-3-10(4-6-13)11-7-12(15)9-14(8-11)19(2,16)17/h3-9,15H,1-2H3. The summed E-state index contributed by atoms with van der Waals surface area (Å²) in [4.78, 5) is 0.0957. The first-order valence-electron chi connectivity index (χ1n) is 5.59. The average Bonchev–Trinajstić information content (AvgIpc) is 2.37. The normalized spacial score (nSPS) is 11.3. The van der Waals surface area contributed by atoms with Crippen LogP contribution in [0.4, 0.5) is 0 Å². The lowest BCUT2D eigenvalue weighted by Gasteiger charge is -2.07. The average molecular weight is 278 g/mol. The van der Waals surface area contributed by atoms with Crippen molar-refractivity contribution in [1.82, 2.24) is 0 Å². The Hall–Kier alpha value is -2.01. The van der Waals surface area contributed by atoms with Crippen LogP contribution in [0.1, 0.15) is 0 Å². The summed E-state index contributed by atoms with van der Waals surface area (Å²) in [6.07, 6.45) is 1.11. The Morgan fingerprint density at radius 1 is 1.00 bits per heavy atom. The van der Waals surface area contributed by atoms with Crippen LogP contribution in [-0.4, -0.2) is 26.9 Å². The number of methoxy groups -OCH3 is 1. The zero-order valence-electron chi connectivity index (χ0n) is 10.6. The van der Waals surface area contributed by atoms with Gasteiger partial charge in [-0.15, -0.1) is 0 Å². The fourth-order valence-electron chi connectivity index (χ4n) is 1.75. The molecule has 0 bridgehead atoms. The summed E-state index contributed by atoms with van der Waals surface area (Å²) in [6, 6.07) is 11.5. The topological polar surface area (TPSA) is 63.6 Å². The summed E-state index contributed by atoms with van der Waals surface area (Å²) in [5.41, 5.74) is 1.45. The largest absolute Gasteiger partial charge is 0.508 e. The molecule has 0 atom stereocenters. The monoisotopic (exact) mass is 278 g/mol. The summed E-state index contributed by atoms with van der Waals surface area (Å²) < 4.78 is 28.1. The van der Waals surface area contributed by atoms with Crippen LogP contribution in [0.25, 0.3) is 11.1 Å². The van der Waals surface area contributed by atoms with E-state index in [1.807, 2.05) is 0 Å². The second-order valence-electron chi connectivity index (χ2n) is 4.22. The van der Waals surface area contributed by atoms with E-state index >= 15 is 0 Å². The minimum atomic E-state index is -3.35. The van der Waals surface area contributed by atoms with Gasteiger partial charge >= 0.3 is 0 Å². The van der Waals surface area contributed by atoms with Crippen molar-refractivity contribution in [3.8, 4) is 22.6 Å². The highest BCUT2D eigenvalue weighted by atomic mass is 32.2. The molecule has 0 aliphatic rings. The number of phenolic OH excluding ortho intramolecular Hbond substituents is 1. The molecular formula is C14H14O4S. The molecule has 19 heavy (non-hydrogen) atoms. The molecule has 4 nitrogen and oxygen atoms in total. The van der Waals surface area contributed by atoms with Crippen molar-refractivity contribution < 1.29 is 18.3 Å². The molecule has 0 aliphatic carbocycles. The molecule has 100 valence electrons. The minimum Gasteiger partial charge on any atom is -0.508 e. The molecule has 0 amide bonds.